The summed E-state index contributed by atoms with van der Waals surface area (Å²) in [7, 11) is 0. The molecule has 4 nitrogen and oxygen atoms in total. The standard InChI is InChI=1S/C13H21NO3/c1-4-9-6-10(9)14-8(3)12(13(16)17)7(2)5-11(14)15/h7-10,12H,4-6H2,1-3H3,(H,16,17). The Morgan fingerprint density at radius 1 is 1.47 bits per heavy atom. The van der Waals surface area contributed by atoms with Gasteiger partial charge in [-0.3, -0.25) is 9.59 Å². The van der Waals surface area contributed by atoms with Gasteiger partial charge in [-0.1, -0.05) is 20.3 Å². The minimum atomic E-state index is -0.767. The Labute approximate surface area is 102 Å². The molecule has 96 valence electrons. The maximum Gasteiger partial charge on any atom is 0.308 e. The molecule has 1 amide bonds. The molecule has 1 saturated heterocycles. The van der Waals surface area contributed by atoms with E-state index < -0.39 is 11.9 Å². The van der Waals surface area contributed by atoms with Gasteiger partial charge >= 0.3 is 5.97 Å². The number of carbonyl (C=O) groups excluding carboxylic acids is 1. The van der Waals surface area contributed by atoms with Crippen LogP contribution in [-0.2, 0) is 9.59 Å². The van der Waals surface area contributed by atoms with E-state index >= 15 is 0 Å². The Hall–Kier alpha value is -1.06. The van der Waals surface area contributed by atoms with Crippen molar-refractivity contribution in [2.24, 2.45) is 17.8 Å². The first-order valence-corrected chi connectivity index (χ1v) is 6.51. The van der Waals surface area contributed by atoms with Crippen molar-refractivity contribution < 1.29 is 14.7 Å². The molecule has 4 heteroatoms. The maximum atomic E-state index is 12.1. The SMILES string of the molecule is CCC1CC1N1C(=O)CC(C)C(C(=O)O)C1C. The lowest BCUT2D eigenvalue weighted by Gasteiger charge is -2.41. The fourth-order valence-corrected chi connectivity index (χ4v) is 3.33. The lowest BCUT2D eigenvalue weighted by atomic mass is 9.81. The van der Waals surface area contributed by atoms with Gasteiger partial charge in [0.15, 0.2) is 0 Å². The molecular formula is C13H21NO3. The van der Waals surface area contributed by atoms with Crippen molar-refractivity contribution in [2.45, 2.75) is 52.1 Å². The third-order valence-corrected chi connectivity index (χ3v) is 4.41. The topological polar surface area (TPSA) is 57.6 Å². The number of rotatable bonds is 3. The van der Waals surface area contributed by atoms with Crippen LogP contribution in [0.15, 0.2) is 0 Å². The molecule has 1 saturated carbocycles. The second kappa shape index (κ2) is 4.31. The Balaban J connectivity index is 2.15. The number of amides is 1. The van der Waals surface area contributed by atoms with Gasteiger partial charge in [-0.2, -0.15) is 0 Å². The Morgan fingerprint density at radius 2 is 2.12 bits per heavy atom. The molecule has 2 rings (SSSR count). The molecule has 0 aromatic carbocycles. The van der Waals surface area contributed by atoms with Gasteiger partial charge in [-0.25, -0.2) is 0 Å². The zero-order valence-corrected chi connectivity index (χ0v) is 10.7. The smallest absolute Gasteiger partial charge is 0.308 e. The summed E-state index contributed by atoms with van der Waals surface area (Å²) >= 11 is 0. The van der Waals surface area contributed by atoms with E-state index in [4.69, 9.17) is 0 Å². The summed E-state index contributed by atoms with van der Waals surface area (Å²) in [6.45, 7) is 5.88. The number of nitrogens with zero attached hydrogens (tertiary/aromatic N) is 1. The van der Waals surface area contributed by atoms with Crippen LogP contribution in [0.25, 0.3) is 0 Å². The molecule has 1 aliphatic carbocycles. The molecule has 0 bridgehead atoms. The molecule has 2 aliphatic rings. The highest BCUT2D eigenvalue weighted by Crippen LogP contribution is 2.43. The molecule has 5 atom stereocenters. The number of carboxylic acids is 1. The van der Waals surface area contributed by atoms with E-state index in [2.05, 4.69) is 6.92 Å². The van der Waals surface area contributed by atoms with Gasteiger partial charge in [0.05, 0.1) is 5.92 Å². The molecule has 1 N–H and O–H groups in total. The van der Waals surface area contributed by atoms with Crippen molar-refractivity contribution >= 4 is 11.9 Å². The molecule has 0 aromatic heterocycles. The summed E-state index contributed by atoms with van der Waals surface area (Å²) in [5.74, 6) is -0.500. The van der Waals surface area contributed by atoms with Crippen molar-refractivity contribution in [2.75, 3.05) is 0 Å². The van der Waals surface area contributed by atoms with Crippen molar-refractivity contribution in [1.82, 2.24) is 4.90 Å². The predicted octanol–water partition coefficient (Wildman–Crippen LogP) is 1.74. The van der Waals surface area contributed by atoms with E-state index in [1.54, 1.807) is 0 Å². The highest BCUT2D eigenvalue weighted by molar-refractivity contribution is 5.82. The summed E-state index contributed by atoms with van der Waals surface area (Å²) in [6.07, 6.45) is 2.51. The third-order valence-electron chi connectivity index (χ3n) is 4.41. The fraction of sp³-hybridized carbons (Fsp3) is 0.846. The summed E-state index contributed by atoms with van der Waals surface area (Å²) in [5.41, 5.74) is 0. The number of hydrogen-bond donors (Lipinski definition) is 1. The zero-order valence-electron chi connectivity index (χ0n) is 10.7. The fourth-order valence-electron chi connectivity index (χ4n) is 3.33. The molecule has 0 radical (unpaired) electrons. The van der Waals surface area contributed by atoms with Gasteiger partial charge in [0.1, 0.15) is 0 Å². The van der Waals surface area contributed by atoms with Crippen LogP contribution in [0.4, 0.5) is 0 Å². The number of hydrogen-bond acceptors (Lipinski definition) is 2. The van der Waals surface area contributed by atoms with E-state index in [0.717, 1.165) is 12.8 Å². The molecule has 1 aliphatic heterocycles. The van der Waals surface area contributed by atoms with Crippen LogP contribution in [0, 0.1) is 17.8 Å². The number of aliphatic carboxylic acids is 1. The molecule has 0 aromatic rings. The number of carboxylic acid groups (broad SMARTS) is 1. The van der Waals surface area contributed by atoms with Crippen molar-refractivity contribution in [3.8, 4) is 0 Å². The molecule has 0 spiro atoms. The largest absolute Gasteiger partial charge is 0.481 e. The van der Waals surface area contributed by atoms with Gasteiger partial charge in [0.2, 0.25) is 5.91 Å². The van der Waals surface area contributed by atoms with Crippen LogP contribution in [0.1, 0.15) is 40.0 Å². The average Bonchev–Trinajstić information content (AvgIpc) is 2.95. The van der Waals surface area contributed by atoms with Crippen molar-refractivity contribution in [1.29, 1.82) is 0 Å². The molecule has 1 heterocycles. The second-order valence-electron chi connectivity index (χ2n) is 5.56. The third kappa shape index (κ3) is 2.05. The van der Waals surface area contributed by atoms with E-state index in [-0.39, 0.29) is 17.9 Å². The van der Waals surface area contributed by atoms with Crippen LogP contribution >= 0.6 is 0 Å². The number of likely N-dealkylation sites (tertiary alicyclic amines) is 1. The van der Waals surface area contributed by atoms with E-state index in [0.29, 0.717) is 18.4 Å². The highest BCUT2D eigenvalue weighted by atomic mass is 16.4. The van der Waals surface area contributed by atoms with Gasteiger partial charge in [0, 0.05) is 18.5 Å². The molecular weight excluding hydrogens is 218 g/mol. The second-order valence-corrected chi connectivity index (χ2v) is 5.56. The van der Waals surface area contributed by atoms with Crippen LogP contribution in [0.5, 0.6) is 0 Å². The Bertz CT molecular complexity index is 342. The summed E-state index contributed by atoms with van der Waals surface area (Å²) in [4.78, 5) is 25.2. The predicted molar refractivity (Wildman–Crippen MR) is 63.4 cm³/mol. The quantitative estimate of drug-likeness (QED) is 0.816. The first-order valence-electron chi connectivity index (χ1n) is 6.51. The summed E-state index contributed by atoms with van der Waals surface area (Å²) in [5, 5.41) is 9.27. The average molecular weight is 239 g/mol. The van der Waals surface area contributed by atoms with Crippen LogP contribution in [0.2, 0.25) is 0 Å². The van der Waals surface area contributed by atoms with Gasteiger partial charge in [-0.05, 0) is 25.2 Å². The maximum absolute atomic E-state index is 12.1. The summed E-state index contributed by atoms with van der Waals surface area (Å²) < 4.78 is 0. The lowest BCUT2D eigenvalue weighted by Crippen LogP contribution is -2.53. The lowest BCUT2D eigenvalue weighted by molar-refractivity contribution is -0.155. The first-order chi connectivity index (χ1) is 7.97. The van der Waals surface area contributed by atoms with Gasteiger partial charge in [0.25, 0.3) is 0 Å². The number of piperidine rings is 1. The monoisotopic (exact) mass is 239 g/mol. The zero-order chi connectivity index (χ0) is 12.7. The molecule has 2 fully saturated rings. The molecule has 17 heavy (non-hydrogen) atoms. The highest BCUT2D eigenvalue weighted by Gasteiger charge is 2.50. The van der Waals surface area contributed by atoms with E-state index in [1.165, 1.54) is 0 Å². The normalized spacial score (nSPS) is 41.5. The van der Waals surface area contributed by atoms with Crippen LogP contribution < -0.4 is 0 Å². The van der Waals surface area contributed by atoms with E-state index in [1.807, 2.05) is 18.7 Å². The number of carbonyl (C=O) groups is 2. The van der Waals surface area contributed by atoms with Crippen molar-refractivity contribution in [3.63, 3.8) is 0 Å². The Morgan fingerprint density at radius 3 is 2.59 bits per heavy atom. The van der Waals surface area contributed by atoms with Crippen LogP contribution in [-0.4, -0.2) is 34.0 Å². The first kappa shape index (κ1) is 12.4. The molecule has 5 unspecified atom stereocenters. The van der Waals surface area contributed by atoms with Gasteiger partial charge in [-0.15, -0.1) is 0 Å². The Kier molecular flexibility index (Phi) is 3.15. The van der Waals surface area contributed by atoms with E-state index in [9.17, 15) is 14.7 Å². The van der Waals surface area contributed by atoms with Crippen molar-refractivity contribution in [3.05, 3.63) is 0 Å². The minimum absolute atomic E-state index is 0.0509. The minimum Gasteiger partial charge on any atom is -0.481 e. The van der Waals surface area contributed by atoms with Gasteiger partial charge < -0.3 is 10.0 Å². The summed E-state index contributed by atoms with van der Waals surface area (Å²) in [6, 6.07) is 0.141. The van der Waals surface area contributed by atoms with Crippen LogP contribution in [0.3, 0.4) is 0 Å².